The Bertz CT molecular complexity index is 471. The highest BCUT2D eigenvalue weighted by atomic mass is 16.5. The van der Waals surface area contributed by atoms with Crippen molar-refractivity contribution in [1.82, 2.24) is 0 Å². The van der Waals surface area contributed by atoms with Gasteiger partial charge in [0.05, 0.1) is 5.56 Å². The van der Waals surface area contributed by atoms with Crippen LogP contribution < -0.4 is 5.32 Å². The molecule has 0 spiro atoms. The van der Waals surface area contributed by atoms with Gasteiger partial charge in [-0.25, -0.2) is 9.59 Å². The molecule has 1 aromatic rings. The SMILES string of the molecule is C=CCOC(=O)Nc1c(C)cc(C(=O)O)cc1C. The molecular weight excluding hydrogens is 234 g/mol. The van der Waals surface area contributed by atoms with Crippen LogP contribution in [0.3, 0.4) is 0 Å². The highest BCUT2D eigenvalue weighted by molar-refractivity contribution is 5.92. The third-order valence-corrected chi connectivity index (χ3v) is 2.34. The number of anilines is 1. The minimum Gasteiger partial charge on any atom is -0.478 e. The molecule has 0 aliphatic rings. The van der Waals surface area contributed by atoms with E-state index in [0.29, 0.717) is 16.8 Å². The lowest BCUT2D eigenvalue weighted by Crippen LogP contribution is -2.15. The van der Waals surface area contributed by atoms with Gasteiger partial charge in [0.2, 0.25) is 0 Å². The standard InChI is InChI=1S/C13H15NO4/c1-4-5-18-13(17)14-11-8(2)6-10(12(15)16)7-9(11)3/h4,6-7H,1,5H2,2-3H3,(H,14,17)(H,15,16). The van der Waals surface area contributed by atoms with Gasteiger partial charge in [0, 0.05) is 5.69 Å². The number of amides is 1. The molecule has 0 fully saturated rings. The van der Waals surface area contributed by atoms with Crippen molar-refractivity contribution in [2.75, 3.05) is 11.9 Å². The van der Waals surface area contributed by atoms with Crippen LogP contribution in [0, 0.1) is 13.8 Å². The zero-order valence-corrected chi connectivity index (χ0v) is 10.3. The van der Waals surface area contributed by atoms with Crippen molar-refractivity contribution >= 4 is 17.7 Å². The topological polar surface area (TPSA) is 75.6 Å². The zero-order chi connectivity index (χ0) is 13.7. The third kappa shape index (κ3) is 3.35. The summed E-state index contributed by atoms with van der Waals surface area (Å²) in [6, 6.07) is 3.00. The molecule has 1 rings (SSSR count). The Morgan fingerprint density at radius 1 is 1.39 bits per heavy atom. The molecule has 0 bridgehead atoms. The normalized spacial score (nSPS) is 9.67. The van der Waals surface area contributed by atoms with Gasteiger partial charge in [0.15, 0.2) is 0 Å². The lowest BCUT2D eigenvalue weighted by atomic mass is 10.0. The quantitative estimate of drug-likeness (QED) is 0.804. The molecule has 0 saturated heterocycles. The maximum atomic E-state index is 11.4. The van der Waals surface area contributed by atoms with Crippen LogP contribution in [0.25, 0.3) is 0 Å². The molecule has 0 radical (unpaired) electrons. The first kappa shape index (κ1) is 13.8. The highest BCUT2D eigenvalue weighted by Gasteiger charge is 2.12. The molecule has 0 aliphatic carbocycles. The van der Waals surface area contributed by atoms with Gasteiger partial charge < -0.3 is 9.84 Å². The molecule has 0 aliphatic heterocycles. The van der Waals surface area contributed by atoms with Gasteiger partial charge in [-0.1, -0.05) is 12.7 Å². The Labute approximate surface area is 105 Å². The molecule has 5 nitrogen and oxygen atoms in total. The fourth-order valence-corrected chi connectivity index (χ4v) is 1.56. The van der Waals surface area contributed by atoms with E-state index in [1.54, 1.807) is 13.8 Å². The molecule has 18 heavy (non-hydrogen) atoms. The van der Waals surface area contributed by atoms with E-state index < -0.39 is 12.1 Å². The Morgan fingerprint density at radius 3 is 2.39 bits per heavy atom. The molecule has 0 heterocycles. The van der Waals surface area contributed by atoms with E-state index in [9.17, 15) is 9.59 Å². The van der Waals surface area contributed by atoms with Crippen LogP contribution in [0.5, 0.6) is 0 Å². The number of aromatic carboxylic acids is 1. The van der Waals surface area contributed by atoms with E-state index in [0.717, 1.165) is 0 Å². The molecule has 2 N–H and O–H groups in total. The van der Waals surface area contributed by atoms with Crippen LogP contribution in [0.15, 0.2) is 24.8 Å². The van der Waals surface area contributed by atoms with E-state index in [-0.39, 0.29) is 12.2 Å². The summed E-state index contributed by atoms with van der Waals surface area (Å²) >= 11 is 0. The summed E-state index contributed by atoms with van der Waals surface area (Å²) in [5, 5.41) is 11.5. The number of ether oxygens (including phenoxy) is 1. The van der Waals surface area contributed by atoms with Gasteiger partial charge >= 0.3 is 12.1 Å². The molecule has 1 amide bonds. The Morgan fingerprint density at radius 2 is 1.94 bits per heavy atom. The van der Waals surface area contributed by atoms with Gasteiger partial charge in [-0.3, -0.25) is 5.32 Å². The van der Waals surface area contributed by atoms with E-state index >= 15 is 0 Å². The maximum absolute atomic E-state index is 11.4. The summed E-state index contributed by atoms with van der Waals surface area (Å²) in [6.07, 6.45) is 0.872. The number of nitrogens with one attached hydrogen (secondary N) is 1. The average Bonchev–Trinajstić information content (AvgIpc) is 2.30. The third-order valence-electron chi connectivity index (χ3n) is 2.34. The van der Waals surface area contributed by atoms with Crippen molar-refractivity contribution in [3.63, 3.8) is 0 Å². The van der Waals surface area contributed by atoms with Crippen LogP contribution in [0.2, 0.25) is 0 Å². The number of carbonyl (C=O) groups excluding carboxylic acids is 1. The van der Waals surface area contributed by atoms with Crippen molar-refractivity contribution in [1.29, 1.82) is 0 Å². The smallest absolute Gasteiger partial charge is 0.411 e. The number of hydrogen-bond acceptors (Lipinski definition) is 3. The molecule has 0 unspecified atom stereocenters. The van der Waals surface area contributed by atoms with Crippen LogP contribution in [0.1, 0.15) is 21.5 Å². The number of carbonyl (C=O) groups is 2. The summed E-state index contributed by atoms with van der Waals surface area (Å²) in [4.78, 5) is 22.3. The minimum absolute atomic E-state index is 0.122. The molecule has 5 heteroatoms. The maximum Gasteiger partial charge on any atom is 0.411 e. The van der Waals surface area contributed by atoms with Crippen LogP contribution in [-0.4, -0.2) is 23.8 Å². The largest absolute Gasteiger partial charge is 0.478 e. The van der Waals surface area contributed by atoms with Crippen molar-refractivity contribution in [3.05, 3.63) is 41.5 Å². The fraction of sp³-hybridized carbons (Fsp3) is 0.231. The van der Waals surface area contributed by atoms with Gasteiger partial charge in [0.25, 0.3) is 0 Å². The number of aryl methyl sites for hydroxylation is 2. The van der Waals surface area contributed by atoms with E-state index in [1.165, 1.54) is 18.2 Å². The lowest BCUT2D eigenvalue weighted by Gasteiger charge is -2.12. The summed E-state index contributed by atoms with van der Waals surface area (Å²) in [5.74, 6) is -0.998. The van der Waals surface area contributed by atoms with E-state index in [4.69, 9.17) is 9.84 Å². The second-order valence-corrected chi connectivity index (χ2v) is 3.80. The van der Waals surface area contributed by atoms with Crippen LogP contribution in [-0.2, 0) is 4.74 Å². The molecule has 0 atom stereocenters. The van der Waals surface area contributed by atoms with Crippen LogP contribution in [0.4, 0.5) is 10.5 Å². The predicted octanol–water partition coefficient (Wildman–Crippen LogP) is 2.74. The van der Waals surface area contributed by atoms with Gasteiger partial charge in [-0.05, 0) is 37.1 Å². The zero-order valence-electron chi connectivity index (χ0n) is 10.3. The van der Waals surface area contributed by atoms with Crippen molar-refractivity contribution < 1.29 is 19.4 Å². The summed E-state index contributed by atoms with van der Waals surface area (Å²) in [5.41, 5.74) is 2.09. The van der Waals surface area contributed by atoms with Gasteiger partial charge in [-0.15, -0.1) is 0 Å². The summed E-state index contributed by atoms with van der Waals surface area (Å²) in [6.45, 7) is 7.01. The first-order valence-corrected chi connectivity index (χ1v) is 5.35. The second kappa shape index (κ2) is 5.86. The Kier molecular flexibility index (Phi) is 4.48. The van der Waals surface area contributed by atoms with Gasteiger partial charge in [0.1, 0.15) is 6.61 Å². The van der Waals surface area contributed by atoms with Gasteiger partial charge in [-0.2, -0.15) is 0 Å². The molecule has 1 aromatic carbocycles. The second-order valence-electron chi connectivity index (χ2n) is 3.80. The Balaban J connectivity index is 2.93. The summed E-state index contributed by atoms with van der Waals surface area (Å²) < 4.78 is 4.80. The Hall–Kier alpha value is -2.30. The lowest BCUT2D eigenvalue weighted by molar-refractivity contribution is 0.0696. The van der Waals surface area contributed by atoms with Crippen LogP contribution >= 0.6 is 0 Å². The van der Waals surface area contributed by atoms with Crippen molar-refractivity contribution in [3.8, 4) is 0 Å². The highest BCUT2D eigenvalue weighted by Crippen LogP contribution is 2.22. The molecular formula is C13H15NO4. The van der Waals surface area contributed by atoms with Crippen molar-refractivity contribution in [2.24, 2.45) is 0 Å². The average molecular weight is 249 g/mol. The predicted molar refractivity (Wildman–Crippen MR) is 68.0 cm³/mol. The summed E-state index contributed by atoms with van der Waals surface area (Å²) in [7, 11) is 0. The molecule has 0 saturated carbocycles. The first-order valence-electron chi connectivity index (χ1n) is 5.35. The molecule has 96 valence electrons. The number of carboxylic acid groups (broad SMARTS) is 1. The van der Waals surface area contributed by atoms with Crippen molar-refractivity contribution in [2.45, 2.75) is 13.8 Å². The number of benzene rings is 1. The fourth-order valence-electron chi connectivity index (χ4n) is 1.56. The molecule has 0 aromatic heterocycles. The minimum atomic E-state index is -0.998. The number of carboxylic acids is 1. The first-order chi connectivity index (χ1) is 8.45. The number of hydrogen-bond donors (Lipinski definition) is 2. The van der Waals surface area contributed by atoms with E-state index in [2.05, 4.69) is 11.9 Å². The monoisotopic (exact) mass is 249 g/mol. The van der Waals surface area contributed by atoms with E-state index in [1.807, 2.05) is 0 Å². The number of rotatable bonds is 4.